The number of hydrogen-bond donors (Lipinski definition) is 3. The molecule has 0 unspecified atom stereocenters. The molecule has 0 aromatic carbocycles. The van der Waals surface area contributed by atoms with Crippen molar-refractivity contribution < 1.29 is 9.90 Å². The Bertz CT molecular complexity index is 493. The molecule has 7 rings (SSSR count). The van der Waals surface area contributed by atoms with Crippen molar-refractivity contribution in [3.05, 3.63) is 0 Å². The number of hydrogen-bond acceptors (Lipinski definition) is 3. The Kier molecular flexibility index (Phi) is 0.758. The van der Waals surface area contributed by atoms with Gasteiger partial charge in [-0.3, -0.25) is 4.79 Å². The Labute approximate surface area is 92.6 Å². The summed E-state index contributed by atoms with van der Waals surface area (Å²) in [5, 5.41) is 13.8. The second-order valence-corrected chi connectivity index (χ2v) is 7.03. The lowest BCUT2D eigenvalue weighted by Gasteiger charge is -2.62. The van der Waals surface area contributed by atoms with E-state index in [4.69, 9.17) is 5.73 Å². The van der Waals surface area contributed by atoms with Crippen molar-refractivity contribution in [3.63, 3.8) is 0 Å². The molecular weight excluding hydrogens is 204 g/mol. The number of nitrogens with two attached hydrogens (primary N) is 1. The number of piperidine rings is 2. The average molecular weight is 218 g/mol. The van der Waals surface area contributed by atoms with Gasteiger partial charge in [-0.25, -0.2) is 0 Å². The van der Waals surface area contributed by atoms with Crippen molar-refractivity contribution in [1.29, 1.82) is 0 Å². The molecule has 4 bridgehead atoms. The van der Waals surface area contributed by atoms with Gasteiger partial charge in [0.25, 0.3) is 5.91 Å². The maximum absolute atomic E-state index is 12.1. The van der Waals surface area contributed by atoms with E-state index < -0.39 is 11.3 Å². The Morgan fingerprint density at radius 1 is 1.19 bits per heavy atom. The first kappa shape index (κ1) is 7.67. The summed E-state index contributed by atoms with van der Waals surface area (Å²) in [7, 11) is 0. The number of carbonyl (C=O) groups is 1. The molecule has 4 heteroatoms. The summed E-state index contributed by atoms with van der Waals surface area (Å²) in [5.74, 6) is 3.70. The van der Waals surface area contributed by atoms with Crippen LogP contribution in [0, 0.1) is 47.3 Å². The maximum Gasteiger partial charge on any atom is 0.254 e. The fourth-order valence-corrected chi connectivity index (χ4v) is 7.49. The van der Waals surface area contributed by atoms with Crippen molar-refractivity contribution in [2.45, 2.75) is 17.7 Å². The molecule has 0 aromatic heterocycles. The Morgan fingerprint density at radius 2 is 1.88 bits per heavy atom. The molecule has 2 heterocycles. The molecule has 1 amide bonds. The zero-order valence-corrected chi connectivity index (χ0v) is 8.76. The van der Waals surface area contributed by atoms with Crippen molar-refractivity contribution in [3.8, 4) is 0 Å². The van der Waals surface area contributed by atoms with Crippen molar-refractivity contribution in [2.24, 2.45) is 53.1 Å². The number of carbonyl (C=O) groups excluding carboxylic acids is 1. The summed E-state index contributed by atoms with van der Waals surface area (Å²) in [6.45, 7) is 0. The summed E-state index contributed by atoms with van der Waals surface area (Å²) in [5.41, 5.74) is 5.02. The topological polar surface area (TPSA) is 75.3 Å². The van der Waals surface area contributed by atoms with E-state index in [1.807, 2.05) is 0 Å². The molecule has 7 aliphatic rings. The largest absolute Gasteiger partial charge is 0.379 e. The van der Waals surface area contributed by atoms with Crippen LogP contribution in [0.3, 0.4) is 0 Å². The zero-order chi connectivity index (χ0) is 10.6. The molecule has 2 aliphatic heterocycles. The first-order valence-electron chi connectivity index (χ1n) is 6.44. The third-order valence-electron chi connectivity index (χ3n) is 7.32. The molecule has 0 radical (unpaired) electrons. The Morgan fingerprint density at radius 3 is 2.69 bits per heavy atom. The molecular formula is C12H14N2O2. The van der Waals surface area contributed by atoms with Crippen molar-refractivity contribution in [2.75, 3.05) is 0 Å². The van der Waals surface area contributed by atoms with E-state index in [-0.39, 0.29) is 17.7 Å². The van der Waals surface area contributed by atoms with Crippen molar-refractivity contribution in [1.82, 2.24) is 5.32 Å². The predicted molar refractivity (Wildman–Crippen MR) is 52.5 cm³/mol. The van der Waals surface area contributed by atoms with Crippen LogP contribution in [0.1, 0.15) is 6.42 Å². The highest BCUT2D eigenvalue weighted by Gasteiger charge is 2.94. The van der Waals surface area contributed by atoms with Gasteiger partial charge in [0.15, 0.2) is 0 Å². The van der Waals surface area contributed by atoms with Gasteiger partial charge in [-0.15, -0.1) is 0 Å². The standard InChI is InChI=1S/C12H14N2O2/c13-12-7-3-1-2-4-5(3)9(12)8(4)11(16,6(2)7)10(15)14-12/h2-9,16H,1,13H2,(H,14,15)/t2-,3-,4+,5-,6+,7-,8+,9-,11+,12-/m0/s1. The van der Waals surface area contributed by atoms with Crippen molar-refractivity contribution >= 4 is 5.91 Å². The number of amides is 1. The maximum atomic E-state index is 12.1. The second-order valence-electron chi connectivity index (χ2n) is 7.03. The van der Waals surface area contributed by atoms with E-state index in [0.717, 1.165) is 5.92 Å². The lowest BCUT2D eigenvalue weighted by molar-refractivity contribution is -0.207. The summed E-state index contributed by atoms with van der Waals surface area (Å²) in [4.78, 5) is 12.1. The predicted octanol–water partition coefficient (Wildman–Crippen LogP) is -1.11. The molecule has 4 N–H and O–H groups in total. The number of fused-ring (bicyclic) bond motifs is 1. The van der Waals surface area contributed by atoms with Crippen LogP contribution < -0.4 is 11.1 Å². The minimum atomic E-state index is -1.03. The van der Waals surface area contributed by atoms with Gasteiger partial charge in [-0.05, 0) is 30.1 Å². The highest BCUT2D eigenvalue weighted by molar-refractivity contribution is 5.91. The zero-order valence-electron chi connectivity index (χ0n) is 8.76. The molecule has 4 nitrogen and oxygen atoms in total. The molecule has 0 aromatic rings. The fourth-order valence-electron chi connectivity index (χ4n) is 7.49. The van der Waals surface area contributed by atoms with Crippen LogP contribution in [0.2, 0.25) is 0 Å². The van der Waals surface area contributed by atoms with E-state index in [1.54, 1.807) is 0 Å². The van der Waals surface area contributed by atoms with Gasteiger partial charge in [0.05, 0.1) is 5.66 Å². The van der Waals surface area contributed by atoms with Crippen LogP contribution in [0.4, 0.5) is 0 Å². The normalized spacial score (nSPS) is 83.2. The molecule has 0 spiro atoms. The monoisotopic (exact) mass is 218 g/mol. The Balaban J connectivity index is 1.78. The number of nitrogens with one attached hydrogen (secondary N) is 1. The summed E-state index contributed by atoms with van der Waals surface area (Å²) in [6, 6.07) is 0. The molecule has 5 saturated carbocycles. The number of rotatable bonds is 0. The summed E-state index contributed by atoms with van der Waals surface area (Å²) in [6.07, 6.45) is 1.23. The van der Waals surface area contributed by atoms with E-state index in [9.17, 15) is 9.90 Å². The highest BCUT2D eigenvalue weighted by atomic mass is 16.3. The van der Waals surface area contributed by atoms with Gasteiger partial charge in [0, 0.05) is 23.7 Å². The lowest BCUT2D eigenvalue weighted by atomic mass is 9.50. The fraction of sp³-hybridized carbons (Fsp3) is 0.917. The van der Waals surface area contributed by atoms with Crippen LogP contribution in [0.5, 0.6) is 0 Å². The highest BCUT2D eigenvalue weighted by Crippen LogP contribution is 2.87. The molecule has 2 saturated heterocycles. The minimum absolute atomic E-state index is 0.161. The van der Waals surface area contributed by atoms with Gasteiger partial charge >= 0.3 is 0 Å². The average Bonchev–Trinajstić information content (AvgIpc) is 2.66. The quantitative estimate of drug-likeness (QED) is 0.482. The van der Waals surface area contributed by atoms with Gasteiger partial charge in [-0.1, -0.05) is 0 Å². The molecule has 84 valence electrons. The van der Waals surface area contributed by atoms with E-state index in [2.05, 4.69) is 5.32 Å². The SMILES string of the molecule is N[C@@]12NC(=O)[C@@]3(O)[C@@H]4[C@H]5C[C@@H]([C@H]6[C@@H]5[C@@H]3[C@H]61)[C@@H]42. The molecule has 16 heavy (non-hydrogen) atoms. The first-order valence-corrected chi connectivity index (χ1v) is 6.44. The van der Waals surface area contributed by atoms with Crippen LogP contribution in [-0.2, 0) is 4.79 Å². The van der Waals surface area contributed by atoms with E-state index in [0.29, 0.717) is 29.6 Å². The third-order valence-corrected chi connectivity index (χ3v) is 7.32. The first-order chi connectivity index (χ1) is 7.60. The Hall–Kier alpha value is -0.610. The lowest BCUT2D eigenvalue weighted by Crippen LogP contribution is -2.83. The van der Waals surface area contributed by atoms with Crippen LogP contribution in [-0.4, -0.2) is 22.3 Å². The summed E-state index contributed by atoms with van der Waals surface area (Å²) < 4.78 is 0. The minimum Gasteiger partial charge on any atom is -0.379 e. The van der Waals surface area contributed by atoms with Gasteiger partial charge in [0.2, 0.25) is 0 Å². The molecule has 10 atom stereocenters. The molecule has 5 aliphatic carbocycles. The van der Waals surface area contributed by atoms with Gasteiger partial charge < -0.3 is 16.2 Å². The second kappa shape index (κ2) is 1.58. The van der Waals surface area contributed by atoms with Gasteiger partial charge in [-0.2, -0.15) is 0 Å². The van der Waals surface area contributed by atoms with Gasteiger partial charge in [0.1, 0.15) is 5.60 Å². The number of aliphatic hydroxyl groups is 1. The van der Waals surface area contributed by atoms with E-state index in [1.165, 1.54) is 6.42 Å². The molecule has 7 fully saturated rings. The smallest absolute Gasteiger partial charge is 0.254 e. The van der Waals surface area contributed by atoms with Crippen LogP contribution >= 0.6 is 0 Å². The summed E-state index contributed by atoms with van der Waals surface area (Å²) >= 11 is 0. The van der Waals surface area contributed by atoms with Crippen LogP contribution in [0.15, 0.2) is 0 Å². The van der Waals surface area contributed by atoms with E-state index >= 15 is 0 Å². The third kappa shape index (κ3) is 0.371. The van der Waals surface area contributed by atoms with Crippen LogP contribution in [0.25, 0.3) is 0 Å².